The highest BCUT2D eigenvalue weighted by Gasteiger charge is 2.26. The quantitative estimate of drug-likeness (QED) is 0.648. The van der Waals surface area contributed by atoms with E-state index in [1.165, 1.54) is 18.2 Å². The third-order valence-electron chi connectivity index (χ3n) is 2.25. The summed E-state index contributed by atoms with van der Waals surface area (Å²) in [5.41, 5.74) is 5.01. The summed E-state index contributed by atoms with van der Waals surface area (Å²) in [4.78, 5) is 10.5. The molecular formula is C8H13N4O2S+. The first-order valence-corrected chi connectivity index (χ1v) is 5.82. The van der Waals surface area contributed by atoms with Gasteiger partial charge in [0.05, 0.1) is 12.3 Å². The normalized spacial score (nSPS) is 20.7. The predicted octanol–water partition coefficient (Wildman–Crippen LogP) is -0.955. The van der Waals surface area contributed by atoms with E-state index in [0.717, 1.165) is 13.0 Å². The number of hydrogen-bond acceptors (Lipinski definition) is 5. The van der Waals surface area contributed by atoms with Crippen molar-refractivity contribution in [2.75, 3.05) is 12.3 Å². The fourth-order valence-corrected chi connectivity index (χ4v) is 2.07. The summed E-state index contributed by atoms with van der Waals surface area (Å²) in [5, 5.41) is 10.4. The Labute approximate surface area is 91.0 Å². The van der Waals surface area contributed by atoms with Crippen LogP contribution in [-0.4, -0.2) is 28.4 Å². The first-order chi connectivity index (χ1) is 7.25. The summed E-state index contributed by atoms with van der Waals surface area (Å²) < 4.78 is 5.42. The minimum Gasteiger partial charge on any atom is -0.410 e. The molecule has 0 aromatic carbocycles. The van der Waals surface area contributed by atoms with E-state index in [9.17, 15) is 4.79 Å². The molecule has 0 radical (unpaired) electrons. The van der Waals surface area contributed by atoms with Gasteiger partial charge in [0.15, 0.2) is 6.04 Å². The number of hydrogen-bond donors (Lipinski definition) is 2. The van der Waals surface area contributed by atoms with E-state index in [4.69, 9.17) is 10.2 Å². The molecule has 0 bridgehead atoms. The van der Waals surface area contributed by atoms with Crippen LogP contribution < -0.4 is 11.1 Å². The summed E-state index contributed by atoms with van der Waals surface area (Å²) in [6.45, 7) is 1.11. The number of amides is 1. The van der Waals surface area contributed by atoms with E-state index in [0.29, 0.717) is 17.2 Å². The SMILES string of the molecule is NC(=O)CSc1nnc([C@@H]2CCC[NH2+]2)o1. The van der Waals surface area contributed by atoms with Gasteiger partial charge in [-0.1, -0.05) is 11.8 Å². The van der Waals surface area contributed by atoms with E-state index < -0.39 is 0 Å². The Morgan fingerprint density at radius 2 is 2.53 bits per heavy atom. The first kappa shape index (κ1) is 10.4. The van der Waals surface area contributed by atoms with E-state index in [-0.39, 0.29) is 11.7 Å². The topological polar surface area (TPSA) is 98.6 Å². The van der Waals surface area contributed by atoms with Crippen LogP contribution in [0.25, 0.3) is 0 Å². The second-order valence-corrected chi connectivity index (χ2v) is 4.36. The number of primary amides is 1. The number of carbonyl (C=O) groups is 1. The van der Waals surface area contributed by atoms with Crippen molar-refractivity contribution in [2.45, 2.75) is 24.1 Å². The van der Waals surface area contributed by atoms with Gasteiger partial charge in [-0.25, -0.2) is 0 Å². The van der Waals surface area contributed by atoms with Crippen LogP contribution in [0, 0.1) is 0 Å². The molecule has 15 heavy (non-hydrogen) atoms. The predicted molar refractivity (Wildman–Crippen MR) is 53.0 cm³/mol. The van der Waals surface area contributed by atoms with Gasteiger partial charge in [0.1, 0.15) is 0 Å². The van der Waals surface area contributed by atoms with Gasteiger partial charge in [-0.2, -0.15) is 0 Å². The molecule has 82 valence electrons. The van der Waals surface area contributed by atoms with Crippen LogP contribution in [0.2, 0.25) is 0 Å². The molecule has 1 aromatic rings. The van der Waals surface area contributed by atoms with Crippen LogP contribution in [0.3, 0.4) is 0 Å². The summed E-state index contributed by atoms with van der Waals surface area (Å²) in [6, 6.07) is 0.292. The molecular weight excluding hydrogens is 216 g/mol. The van der Waals surface area contributed by atoms with E-state index in [1.807, 2.05) is 0 Å². The zero-order valence-electron chi connectivity index (χ0n) is 8.18. The van der Waals surface area contributed by atoms with Crippen molar-refractivity contribution < 1.29 is 14.5 Å². The molecule has 4 N–H and O–H groups in total. The zero-order chi connectivity index (χ0) is 10.7. The molecule has 2 rings (SSSR count). The number of aromatic nitrogens is 2. The van der Waals surface area contributed by atoms with Crippen LogP contribution in [0.4, 0.5) is 0 Å². The number of carbonyl (C=O) groups excluding carboxylic acids is 1. The lowest BCUT2D eigenvalue weighted by Gasteiger charge is -1.98. The lowest BCUT2D eigenvalue weighted by atomic mass is 10.2. The van der Waals surface area contributed by atoms with E-state index >= 15 is 0 Å². The van der Waals surface area contributed by atoms with Crippen LogP contribution >= 0.6 is 11.8 Å². The lowest BCUT2D eigenvalue weighted by Crippen LogP contribution is -2.81. The van der Waals surface area contributed by atoms with Gasteiger partial charge in [0.25, 0.3) is 11.1 Å². The van der Waals surface area contributed by atoms with Crippen molar-refractivity contribution in [1.82, 2.24) is 10.2 Å². The third kappa shape index (κ3) is 2.69. The van der Waals surface area contributed by atoms with Gasteiger partial charge in [0, 0.05) is 12.8 Å². The maximum atomic E-state index is 10.5. The third-order valence-corrected chi connectivity index (χ3v) is 3.09. The average Bonchev–Trinajstić information content (AvgIpc) is 2.85. The van der Waals surface area contributed by atoms with Crippen molar-refractivity contribution in [3.63, 3.8) is 0 Å². The van der Waals surface area contributed by atoms with E-state index in [1.54, 1.807) is 0 Å². The summed E-state index contributed by atoms with van der Waals surface area (Å²) in [6.07, 6.45) is 2.25. The second-order valence-electron chi connectivity index (χ2n) is 3.43. The maximum absolute atomic E-state index is 10.5. The highest BCUT2D eigenvalue weighted by molar-refractivity contribution is 7.99. The summed E-state index contributed by atoms with van der Waals surface area (Å²) in [5.74, 6) is 0.447. The lowest BCUT2D eigenvalue weighted by molar-refractivity contribution is -0.678. The van der Waals surface area contributed by atoms with Gasteiger partial charge in [0.2, 0.25) is 5.91 Å². The standard InChI is InChI=1S/C8H12N4O2S/c9-6(13)4-15-8-12-11-7(14-8)5-2-1-3-10-5/h5,10H,1-4H2,(H2,9,13)/p+1/t5-/m0/s1. The number of nitrogens with zero attached hydrogens (tertiary/aromatic N) is 2. The molecule has 1 aliphatic heterocycles. The largest absolute Gasteiger partial charge is 0.410 e. The van der Waals surface area contributed by atoms with Gasteiger partial charge < -0.3 is 15.5 Å². The number of quaternary nitrogens is 1. The summed E-state index contributed by atoms with van der Waals surface area (Å²) in [7, 11) is 0. The van der Waals surface area contributed by atoms with Gasteiger partial charge in [-0.3, -0.25) is 4.79 Å². The second kappa shape index (κ2) is 4.63. The van der Waals surface area contributed by atoms with Crippen LogP contribution in [0.15, 0.2) is 9.64 Å². The Morgan fingerprint density at radius 3 is 3.20 bits per heavy atom. The molecule has 1 saturated heterocycles. The Kier molecular flexibility index (Phi) is 3.22. The van der Waals surface area contributed by atoms with Gasteiger partial charge >= 0.3 is 0 Å². The molecule has 6 nitrogen and oxygen atoms in total. The molecule has 1 atom stereocenters. The minimum absolute atomic E-state index is 0.177. The van der Waals surface area contributed by atoms with Crippen molar-refractivity contribution in [1.29, 1.82) is 0 Å². The zero-order valence-corrected chi connectivity index (χ0v) is 9.00. The number of rotatable bonds is 4. The molecule has 0 aliphatic carbocycles. The molecule has 2 heterocycles. The maximum Gasteiger partial charge on any atom is 0.277 e. The van der Waals surface area contributed by atoms with Crippen molar-refractivity contribution >= 4 is 17.7 Å². The fraction of sp³-hybridized carbons (Fsp3) is 0.625. The van der Waals surface area contributed by atoms with Crippen LogP contribution in [0.5, 0.6) is 0 Å². The van der Waals surface area contributed by atoms with E-state index in [2.05, 4.69) is 15.5 Å². The number of thioether (sulfide) groups is 1. The smallest absolute Gasteiger partial charge is 0.277 e. The van der Waals surface area contributed by atoms with Crippen molar-refractivity contribution in [3.05, 3.63) is 5.89 Å². The average molecular weight is 229 g/mol. The Morgan fingerprint density at radius 1 is 1.67 bits per heavy atom. The molecule has 1 fully saturated rings. The Balaban J connectivity index is 1.94. The minimum atomic E-state index is -0.382. The summed E-state index contributed by atoms with van der Waals surface area (Å²) >= 11 is 1.18. The number of nitrogens with two attached hydrogens (primary N) is 2. The Hall–Kier alpha value is -1.08. The van der Waals surface area contributed by atoms with Gasteiger partial charge in [-0.15, -0.1) is 10.2 Å². The highest BCUT2D eigenvalue weighted by atomic mass is 32.2. The fourth-order valence-electron chi connectivity index (χ4n) is 1.56. The van der Waals surface area contributed by atoms with Gasteiger partial charge in [-0.05, 0) is 0 Å². The molecule has 1 aromatic heterocycles. The van der Waals surface area contributed by atoms with Crippen LogP contribution in [0.1, 0.15) is 24.8 Å². The molecule has 0 spiro atoms. The van der Waals surface area contributed by atoms with Crippen molar-refractivity contribution in [2.24, 2.45) is 5.73 Å². The molecule has 1 aliphatic rings. The molecule has 1 amide bonds. The van der Waals surface area contributed by atoms with Crippen molar-refractivity contribution in [3.8, 4) is 0 Å². The highest BCUT2D eigenvalue weighted by Crippen LogP contribution is 2.21. The van der Waals surface area contributed by atoms with Crippen LogP contribution in [-0.2, 0) is 4.79 Å². The molecule has 0 unspecified atom stereocenters. The monoisotopic (exact) mass is 229 g/mol. The Bertz CT molecular complexity index is 348. The first-order valence-electron chi connectivity index (χ1n) is 4.83. The molecule has 7 heteroatoms. The molecule has 0 saturated carbocycles.